The minimum Gasteiger partial charge on any atom is -0.386 e. The Morgan fingerprint density at radius 3 is 2.85 bits per heavy atom. The fraction of sp³-hybridized carbons (Fsp3) is 0.222. The van der Waals surface area contributed by atoms with E-state index < -0.39 is 0 Å². The van der Waals surface area contributed by atoms with Crippen molar-refractivity contribution in [1.29, 1.82) is 0 Å². The first-order chi connectivity index (χ1) is 6.27. The Morgan fingerprint density at radius 1 is 1.46 bits per heavy atom. The second-order valence-corrected chi connectivity index (χ2v) is 2.90. The lowest BCUT2D eigenvalue weighted by molar-refractivity contribution is 0.0829. The molecule has 1 aliphatic rings. The number of nitrogens with zero attached hydrogens (tertiary/aromatic N) is 1. The largest absolute Gasteiger partial charge is 0.386 e. The zero-order valence-electron chi connectivity index (χ0n) is 6.90. The molecule has 1 aromatic rings. The van der Waals surface area contributed by atoms with Gasteiger partial charge in [0.25, 0.3) is 0 Å². The molecule has 1 aliphatic heterocycles. The number of halogens is 1. The molecular weight excluding hydrogens is 171 g/mol. The standard InChI is InChI=1S/C9H9FN2O/c10-7-4-2-1-3-6(7)8-5-9(11)12-13-8/h1-4,8H,5H2,(H2,11,12). The summed E-state index contributed by atoms with van der Waals surface area (Å²) in [5, 5.41) is 3.56. The number of nitrogens with two attached hydrogens (primary N) is 1. The summed E-state index contributed by atoms with van der Waals surface area (Å²) < 4.78 is 13.2. The maximum atomic E-state index is 13.2. The van der Waals surface area contributed by atoms with E-state index in [1.165, 1.54) is 6.07 Å². The third-order valence-electron chi connectivity index (χ3n) is 1.94. The molecule has 0 fully saturated rings. The van der Waals surface area contributed by atoms with Gasteiger partial charge in [0, 0.05) is 5.56 Å². The fourth-order valence-electron chi connectivity index (χ4n) is 1.30. The number of amidine groups is 1. The Balaban J connectivity index is 2.23. The Labute approximate surface area is 75.0 Å². The molecule has 1 unspecified atom stereocenters. The van der Waals surface area contributed by atoms with Crippen LogP contribution < -0.4 is 5.73 Å². The SMILES string of the molecule is NC1=NOC(c2ccccc2F)C1. The molecule has 1 atom stereocenters. The predicted octanol–water partition coefficient (Wildman–Crippen LogP) is 1.56. The first-order valence-corrected chi connectivity index (χ1v) is 4.00. The maximum absolute atomic E-state index is 13.2. The summed E-state index contributed by atoms with van der Waals surface area (Å²) in [7, 11) is 0. The molecule has 1 heterocycles. The van der Waals surface area contributed by atoms with E-state index in [9.17, 15) is 4.39 Å². The highest BCUT2D eigenvalue weighted by Gasteiger charge is 2.23. The van der Waals surface area contributed by atoms with Gasteiger partial charge in [-0.15, -0.1) is 0 Å². The van der Waals surface area contributed by atoms with Crippen molar-refractivity contribution in [3.8, 4) is 0 Å². The lowest BCUT2D eigenvalue weighted by Gasteiger charge is -2.08. The average Bonchev–Trinajstić information content (AvgIpc) is 2.53. The third kappa shape index (κ3) is 1.47. The fourth-order valence-corrected chi connectivity index (χ4v) is 1.30. The van der Waals surface area contributed by atoms with Crippen LogP contribution in [0.5, 0.6) is 0 Å². The minimum absolute atomic E-state index is 0.280. The van der Waals surface area contributed by atoms with Crippen LogP contribution >= 0.6 is 0 Å². The maximum Gasteiger partial charge on any atom is 0.162 e. The van der Waals surface area contributed by atoms with Crippen molar-refractivity contribution in [3.63, 3.8) is 0 Å². The van der Waals surface area contributed by atoms with E-state index in [0.717, 1.165) is 0 Å². The molecule has 0 aliphatic carbocycles. The highest BCUT2D eigenvalue weighted by atomic mass is 19.1. The van der Waals surface area contributed by atoms with Crippen molar-refractivity contribution in [2.24, 2.45) is 10.9 Å². The summed E-state index contributed by atoms with van der Waals surface area (Å²) in [6.07, 6.45) is 0.0993. The van der Waals surface area contributed by atoms with Gasteiger partial charge in [0.2, 0.25) is 0 Å². The van der Waals surface area contributed by atoms with Gasteiger partial charge in [-0.05, 0) is 6.07 Å². The highest BCUT2D eigenvalue weighted by Crippen LogP contribution is 2.27. The molecule has 2 N–H and O–H groups in total. The highest BCUT2D eigenvalue weighted by molar-refractivity contribution is 5.81. The zero-order valence-corrected chi connectivity index (χ0v) is 6.90. The summed E-state index contributed by atoms with van der Waals surface area (Å²) in [5.41, 5.74) is 5.92. The molecular formula is C9H9FN2O. The summed E-state index contributed by atoms with van der Waals surface area (Å²) in [6.45, 7) is 0. The van der Waals surface area contributed by atoms with Gasteiger partial charge in [0.05, 0.1) is 6.42 Å². The van der Waals surface area contributed by atoms with Crippen molar-refractivity contribution in [2.45, 2.75) is 12.5 Å². The van der Waals surface area contributed by atoms with Crippen molar-refractivity contribution in [3.05, 3.63) is 35.6 Å². The van der Waals surface area contributed by atoms with Crippen LogP contribution in [0.2, 0.25) is 0 Å². The van der Waals surface area contributed by atoms with E-state index in [-0.39, 0.29) is 11.9 Å². The van der Waals surface area contributed by atoms with Crippen LogP contribution in [0.25, 0.3) is 0 Å². The van der Waals surface area contributed by atoms with Crippen LogP contribution in [0.4, 0.5) is 4.39 Å². The lowest BCUT2D eigenvalue weighted by Crippen LogP contribution is -2.09. The topological polar surface area (TPSA) is 47.6 Å². The van der Waals surface area contributed by atoms with Crippen molar-refractivity contribution < 1.29 is 9.23 Å². The van der Waals surface area contributed by atoms with Crippen LogP contribution in [0.3, 0.4) is 0 Å². The molecule has 0 saturated heterocycles. The van der Waals surface area contributed by atoms with E-state index in [1.54, 1.807) is 18.2 Å². The third-order valence-corrected chi connectivity index (χ3v) is 1.94. The molecule has 3 nitrogen and oxygen atoms in total. The van der Waals surface area contributed by atoms with Gasteiger partial charge in [0.15, 0.2) is 6.10 Å². The average molecular weight is 180 g/mol. The smallest absolute Gasteiger partial charge is 0.162 e. The minimum atomic E-state index is -0.360. The van der Waals surface area contributed by atoms with Crippen LogP contribution in [0, 0.1) is 5.82 Å². The number of hydrogen-bond donors (Lipinski definition) is 1. The van der Waals surface area contributed by atoms with E-state index in [2.05, 4.69) is 5.16 Å². The molecule has 0 amide bonds. The summed E-state index contributed by atoms with van der Waals surface area (Å²) >= 11 is 0. The first-order valence-electron chi connectivity index (χ1n) is 4.00. The number of benzene rings is 1. The van der Waals surface area contributed by atoms with Gasteiger partial charge in [-0.25, -0.2) is 4.39 Å². The van der Waals surface area contributed by atoms with Crippen LogP contribution in [-0.4, -0.2) is 5.84 Å². The molecule has 0 aromatic heterocycles. The Hall–Kier alpha value is -1.58. The van der Waals surface area contributed by atoms with E-state index in [0.29, 0.717) is 17.8 Å². The Kier molecular flexibility index (Phi) is 1.88. The van der Waals surface area contributed by atoms with Gasteiger partial charge < -0.3 is 10.6 Å². The molecule has 13 heavy (non-hydrogen) atoms. The Morgan fingerprint density at radius 2 is 2.23 bits per heavy atom. The molecule has 4 heteroatoms. The second kappa shape index (κ2) is 3.05. The normalized spacial score (nSPS) is 21.0. The van der Waals surface area contributed by atoms with E-state index in [4.69, 9.17) is 10.6 Å². The van der Waals surface area contributed by atoms with Gasteiger partial charge in [-0.1, -0.05) is 23.4 Å². The summed E-state index contributed by atoms with van der Waals surface area (Å²) in [4.78, 5) is 4.96. The van der Waals surface area contributed by atoms with Gasteiger partial charge >= 0.3 is 0 Å². The van der Waals surface area contributed by atoms with Gasteiger partial charge in [-0.3, -0.25) is 0 Å². The van der Waals surface area contributed by atoms with E-state index >= 15 is 0 Å². The molecule has 1 aromatic carbocycles. The van der Waals surface area contributed by atoms with Crippen LogP contribution in [-0.2, 0) is 4.84 Å². The summed E-state index contributed by atoms with van der Waals surface area (Å²) in [5.74, 6) is 0.130. The van der Waals surface area contributed by atoms with Gasteiger partial charge in [-0.2, -0.15) is 0 Å². The van der Waals surface area contributed by atoms with Crippen LogP contribution in [0.15, 0.2) is 29.4 Å². The molecule has 0 radical (unpaired) electrons. The van der Waals surface area contributed by atoms with Crippen LogP contribution in [0.1, 0.15) is 18.1 Å². The monoisotopic (exact) mass is 180 g/mol. The number of rotatable bonds is 1. The van der Waals surface area contributed by atoms with Gasteiger partial charge in [0.1, 0.15) is 11.7 Å². The molecule has 0 bridgehead atoms. The first kappa shape index (κ1) is 8.04. The quantitative estimate of drug-likeness (QED) is 0.712. The van der Waals surface area contributed by atoms with Crippen molar-refractivity contribution in [1.82, 2.24) is 0 Å². The molecule has 68 valence electrons. The molecule has 0 spiro atoms. The Bertz CT molecular complexity index is 351. The lowest BCUT2D eigenvalue weighted by atomic mass is 10.1. The zero-order chi connectivity index (χ0) is 9.26. The predicted molar refractivity (Wildman–Crippen MR) is 46.5 cm³/mol. The second-order valence-electron chi connectivity index (χ2n) is 2.90. The van der Waals surface area contributed by atoms with Crippen molar-refractivity contribution >= 4 is 5.84 Å². The van der Waals surface area contributed by atoms with Crippen molar-refractivity contribution in [2.75, 3.05) is 0 Å². The van der Waals surface area contributed by atoms with E-state index in [1.807, 2.05) is 0 Å². The molecule has 0 saturated carbocycles. The molecule has 2 rings (SSSR count). The number of oxime groups is 1. The summed E-state index contributed by atoms with van der Waals surface area (Å²) in [6, 6.07) is 6.47. The number of hydrogen-bond acceptors (Lipinski definition) is 3.